The molecule has 4 nitrogen and oxygen atoms in total. The molecule has 0 fully saturated rings. The molecule has 30 heavy (non-hydrogen) atoms. The number of aliphatic hydroxyl groups is 2. The molecule has 1 aromatic heterocycles. The highest BCUT2D eigenvalue weighted by Crippen LogP contribution is 2.42. The van der Waals surface area contributed by atoms with Crippen LogP contribution in [-0.2, 0) is 4.79 Å². The average Bonchev–Trinajstić information content (AvgIpc) is 2.97. The fourth-order valence-corrected chi connectivity index (χ4v) is 4.58. The van der Waals surface area contributed by atoms with Crippen molar-refractivity contribution in [3.63, 3.8) is 0 Å². The van der Waals surface area contributed by atoms with Gasteiger partial charge in [0.1, 0.15) is 5.82 Å². The van der Waals surface area contributed by atoms with Crippen molar-refractivity contribution in [2.24, 2.45) is 0 Å². The molecule has 0 saturated carbocycles. The van der Waals surface area contributed by atoms with E-state index in [4.69, 9.17) is 5.11 Å². The van der Waals surface area contributed by atoms with Gasteiger partial charge in [0.05, 0.1) is 18.6 Å². The minimum Gasteiger partial charge on any atom is -0.481 e. The first-order chi connectivity index (χ1) is 14.1. The standard InChI is InChI=1S/C24H29FO4S/c1-14(2)11-21-23(16-5-7-17(25)8-6-16)20(24(30-21)15(3)4)10-9-18(26)12-19(27)13-22(28)29/h5-11,15,18-19,26-27H,12-13H2,1-4H3,(H,28,29)/b10-9+/t18-,19-/m1/s1. The summed E-state index contributed by atoms with van der Waals surface area (Å²) < 4.78 is 13.5. The maximum Gasteiger partial charge on any atom is 0.305 e. The fraction of sp³-hybridized carbons (Fsp3) is 0.375. The van der Waals surface area contributed by atoms with Crippen molar-refractivity contribution < 1.29 is 24.5 Å². The van der Waals surface area contributed by atoms with Crippen molar-refractivity contribution in [3.05, 3.63) is 57.0 Å². The zero-order valence-electron chi connectivity index (χ0n) is 17.7. The zero-order chi connectivity index (χ0) is 22.4. The van der Waals surface area contributed by atoms with E-state index < -0.39 is 24.6 Å². The number of rotatable bonds is 9. The summed E-state index contributed by atoms with van der Waals surface area (Å²) in [5.74, 6) is -1.17. The van der Waals surface area contributed by atoms with Crippen LogP contribution in [0, 0.1) is 5.82 Å². The number of benzene rings is 1. The molecule has 0 aliphatic heterocycles. The Morgan fingerprint density at radius 3 is 2.33 bits per heavy atom. The number of allylic oxidation sites excluding steroid dienone is 1. The average molecular weight is 433 g/mol. The summed E-state index contributed by atoms with van der Waals surface area (Å²) in [6.45, 7) is 8.23. The third-order valence-corrected chi connectivity index (χ3v) is 5.94. The van der Waals surface area contributed by atoms with E-state index >= 15 is 0 Å². The Hall–Kier alpha value is -2.28. The van der Waals surface area contributed by atoms with Crippen molar-refractivity contribution in [2.45, 2.75) is 58.7 Å². The summed E-state index contributed by atoms with van der Waals surface area (Å²) in [6.07, 6.45) is 2.94. The lowest BCUT2D eigenvalue weighted by molar-refractivity contribution is -0.139. The molecule has 0 unspecified atom stereocenters. The Morgan fingerprint density at radius 2 is 1.80 bits per heavy atom. The molecule has 6 heteroatoms. The second-order valence-corrected chi connectivity index (χ2v) is 9.00. The highest BCUT2D eigenvalue weighted by molar-refractivity contribution is 7.13. The molecule has 0 saturated heterocycles. The predicted octanol–water partition coefficient (Wildman–Crippen LogP) is 5.70. The summed E-state index contributed by atoms with van der Waals surface area (Å²) in [5, 5.41) is 28.8. The third kappa shape index (κ3) is 6.62. The van der Waals surface area contributed by atoms with E-state index in [0.29, 0.717) is 0 Å². The summed E-state index contributed by atoms with van der Waals surface area (Å²) in [4.78, 5) is 12.9. The molecule has 1 heterocycles. The van der Waals surface area contributed by atoms with E-state index in [1.54, 1.807) is 29.5 Å². The van der Waals surface area contributed by atoms with Gasteiger partial charge in [0.25, 0.3) is 0 Å². The largest absolute Gasteiger partial charge is 0.481 e. The number of aliphatic hydroxyl groups excluding tert-OH is 2. The number of hydrogen-bond acceptors (Lipinski definition) is 4. The number of aliphatic carboxylic acids is 1. The molecule has 1 aromatic carbocycles. The van der Waals surface area contributed by atoms with Crippen LogP contribution in [0.1, 0.15) is 61.8 Å². The smallest absolute Gasteiger partial charge is 0.305 e. The number of halogens is 1. The molecule has 0 spiro atoms. The molecular formula is C24H29FO4S. The topological polar surface area (TPSA) is 77.8 Å². The van der Waals surface area contributed by atoms with Gasteiger partial charge in [0.15, 0.2) is 0 Å². The van der Waals surface area contributed by atoms with Crippen LogP contribution in [-0.4, -0.2) is 33.5 Å². The molecule has 0 bridgehead atoms. The highest BCUT2D eigenvalue weighted by Gasteiger charge is 2.20. The molecule has 3 N–H and O–H groups in total. The Morgan fingerprint density at radius 1 is 1.17 bits per heavy atom. The quantitative estimate of drug-likeness (QED) is 0.475. The number of carboxylic acids is 1. The number of carboxylic acid groups (broad SMARTS) is 1. The van der Waals surface area contributed by atoms with Gasteiger partial charge in [-0.3, -0.25) is 4.79 Å². The first kappa shape index (κ1) is 24.0. The summed E-state index contributed by atoms with van der Waals surface area (Å²) in [5.41, 5.74) is 3.94. The molecule has 0 amide bonds. The Labute approximate surface area is 181 Å². The summed E-state index contributed by atoms with van der Waals surface area (Å²) in [7, 11) is 0. The molecule has 2 aromatic rings. The van der Waals surface area contributed by atoms with E-state index in [9.17, 15) is 19.4 Å². The lowest BCUT2D eigenvalue weighted by atomic mass is 9.95. The Kier molecular flexibility index (Phi) is 8.53. The Balaban J connectivity index is 2.50. The predicted molar refractivity (Wildman–Crippen MR) is 121 cm³/mol. The van der Waals surface area contributed by atoms with Gasteiger partial charge in [0.2, 0.25) is 0 Å². The van der Waals surface area contributed by atoms with Crippen LogP contribution in [0.2, 0.25) is 0 Å². The molecule has 0 aliphatic rings. The summed E-state index contributed by atoms with van der Waals surface area (Å²) >= 11 is 1.67. The van der Waals surface area contributed by atoms with Gasteiger partial charge < -0.3 is 15.3 Å². The van der Waals surface area contributed by atoms with E-state index in [1.165, 1.54) is 12.1 Å². The van der Waals surface area contributed by atoms with Crippen LogP contribution in [0.25, 0.3) is 23.3 Å². The van der Waals surface area contributed by atoms with Crippen LogP contribution < -0.4 is 0 Å². The van der Waals surface area contributed by atoms with Gasteiger partial charge in [-0.25, -0.2) is 4.39 Å². The van der Waals surface area contributed by atoms with Crippen LogP contribution in [0.4, 0.5) is 4.39 Å². The Bertz CT molecular complexity index is 921. The molecule has 0 aliphatic carbocycles. The SMILES string of the molecule is CC(C)=Cc1sc(C(C)C)c(/C=C/[C@@H](O)C[C@@H](O)CC(=O)O)c1-c1ccc(F)cc1. The highest BCUT2D eigenvalue weighted by atomic mass is 32.1. The van der Waals surface area contributed by atoms with E-state index in [0.717, 1.165) is 32.0 Å². The molecule has 2 rings (SSSR count). The van der Waals surface area contributed by atoms with Gasteiger partial charge in [-0.15, -0.1) is 11.3 Å². The third-order valence-electron chi connectivity index (χ3n) is 4.49. The van der Waals surface area contributed by atoms with Crippen LogP contribution in [0.3, 0.4) is 0 Å². The summed E-state index contributed by atoms with van der Waals surface area (Å²) in [6, 6.07) is 6.35. The van der Waals surface area contributed by atoms with Gasteiger partial charge in [-0.05, 0) is 49.1 Å². The lowest BCUT2D eigenvalue weighted by Crippen LogP contribution is -2.19. The first-order valence-corrected chi connectivity index (χ1v) is 10.7. The van der Waals surface area contributed by atoms with Crippen molar-refractivity contribution in [3.8, 4) is 11.1 Å². The van der Waals surface area contributed by atoms with Gasteiger partial charge in [-0.2, -0.15) is 0 Å². The maximum atomic E-state index is 13.5. The minimum atomic E-state index is -1.12. The van der Waals surface area contributed by atoms with Gasteiger partial charge in [0, 0.05) is 21.7 Å². The van der Waals surface area contributed by atoms with Crippen LogP contribution >= 0.6 is 11.3 Å². The van der Waals surface area contributed by atoms with Crippen LogP contribution in [0.15, 0.2) is 35.9 Å². The van der Waals surface area contributed by atoms with Crippen molar-refractivity contribution in [1.29, 1.82) is 0 Å². The fourth-order valence-electron chi connectivity index (χ4n) is 3.20. The van der Waals surface area contributed by atoms with E-state index in [-0.39, 0.29) is 18.2 Å². The second kappa shape index (κ2) is 10.7. The van der Waals surface area contributed by atoms with E-state index in [2.05, 4.69) is 19.9 Å². The molecule has 2 atom stereocenters. The number of carbonyl (C=O) groups is 1. The molecular weight excluding hydrogens is 403 g/mol. The van der Waals surface area contributed by atoms with Crippen molar-refractivity contribution in [1.82, 2.24) is 0 Å². The maximum absolute atomic E-state index is 13.5. The normalized spacial score (nSPS) is 13.6. The molecule has 0 radical (unpaired) electrons. The number of hydrogen-bond donors (Lipinski definition) is 3. The van der Waals surface area contributed by atoms with Gasteiger partial charge in [-0.1, -0.05) is 43.7 Å². The monoisotopic (exact) mass is 432 g/mol. The minimum absolute atomic E-state index is 0.0589. The lowest BCUT2D eigenvalue weighted by Gasteiger charge is -2.12. The van der Waals surface area contributed by atoms with Crippen molar-refractivity contribution >= 4 is 29.5 Å². The van der Waals surface area contributed by atoms with Gasteiger partial charge >= 0.3 is 5.97 Å². The van der Waals surface area contributed by atoms with E-state index in [1.807, 2.05) is 19.9 Å². The van der Waals surface area contributed by atoms with Crippen molar-refractivity contribution in [2.75, 3.05) is 0 Å². The first-order valence-electron chi connectivity index (χ1n) is 9.92. The van der Waals surface area contributed by atoms with Crippen LogP contribution in [0.5, 0.6) is 0 Å². The second-order valence-electron chi connectivity index (χ2n) is 7.92. The molecule has 162 valence electrons. The zero-order valence-corrected chi connectivity index (χ0v) is 18.5. The number of thiophene rings is 1.